The van der Waals surface area contributed by atoms with Crippen LogP contribution in [0.3, 0.4) is 0 Å². The number of benzene rings is 1. The zero-order valence-electron chi connectivity index (χ0n) is 13.0. The number of nitrogens with zero attached hydrogens (tertiary/aromatic N) is 3. The van der Waals surface area contributed by atoms with Crippen molar-refractivity contribution in [1.29, 1.82) is 5.26 Å². The van der Waals surface area contributed by atoms with Gasteiger partial charge >= 0.3 is 0 Å². The van der Waals surface area contributed by atoms with Gasteiger partial charge in [-0.05, 0) is 25.0 Å². The average Bonchev–Trinajstić information content (AvgIpc) is 2.95. The third kappa shape index (κ3) is 3.23. The molecular formula is C17H17F2N3O2. The second kappa shape index (κ2) is 6.56. The van der Waals surface area contributed by atoms with Crippen LogP contribution in [0.2, 0.25) is 0 Å². The summed E-state index contributed by atoms with van der Waals surface area (Å²) in [7, 11) is 0. The van der Waals surface area contributed by atoms with Crippen LogP contribution in [0.1, 0.15) is 19.3 Å². The van der Waals surface area contributed by atoms with Gasteiger partial charge < -0.3 is 9.80 Å². The number of amides is 2. The molecule has 2 aliphatic heterocycles. The lowest BCUT2D eigenvalue weighted by Crippen LogP contribution is -2.42. The van der Waals surface area contributed by atoms with Crippen molar-refractivity contribution in [2.75, 3.05) is 24.5 Å². The van der Waals surface area contributed by atoms with E-state index >= 15 is 0 Å². The first kappa shape index (κ1) is 16.4. The summed E-state index contributed by atoms with van der Waals surface area (Å²) in [5, 5.41) is 8.90. The summed E-state index contributed by atoms with van der Waals surface area (Å²) in [6.07, 6.45) is 1.32. The first-order valence-electron chi connectivity index (χ1n) is 7.93. The van der Waals surface area contributed by atoms with Gasteiger partial charge in [0.2, 0.25) is 11.8 Å². The number of piperidine rings is 1. The van der Waals surface area contributed by atoms with E-state index in [2.05, 4.69) is 6.07 Å². The maximum absolute atomic E-state index is 13.3. The van der Waals surface area contributed by atoms with Gasteiger partial charge in [0.05, 0.1) is 12.0 Å². The van der Waals surface area contributed by atoms with Crippen LogP contribution in [0.25, 0.3) is 0 Å². The Hall–Kier alpha value is -2.49. The standard InChI is InChI=1S/C17H17F2N3O2/c18-13-6-14(19)8-15(7-13)22-10-12(5-16(22)23)17(24)21-3-1-11(9-20)2-4-21/h6-8,11-12H,1-5,10H2. The van der Waals surface area contributed by atoms with Crippen molar-refractivity contribution in [3.63, 3.8) is 0 Å². The van der Waals surface area contributed by atoms with Gasteiger partial charge in [-0.25, -0.2) is 8.78 Å². The van der Waals surface area contributed by atoms with E-state index in [4.69, 9.17) is 5.26 Å². The van der Waals surface area contributed by atoms with E-state index in [9.17, 15) is 18.4 Å². The summed E-state index contributed by atoms with van der Waals surface area (Å²) in [6.45, 7) is 1.14. The fourth-order valence-corrected chi connectivity index (χ4v) is 3.30. The number of hydrogen-bond donors (Lipinski definition) is 0. The fourth-order valence-electron chi connectivity index (χ4n) is 3.30. The normalized spacial score (nSPS) is 21.9. The summed E-state index contributed by atoms with van der Waals surface area (Å²) in [4.78, 5) is 27.7. The van der Waals surface area contributed by atoms with E-state index in [-0.39, 0.29) is 36.4 Å². The van der Waals surface area contributed by atoms with Crippen molar-refractivity contribution in [2.24, 2.45) is 11.8 Å². The largest absolute Gasteiger partial charge is 0.342 e. The lowest BCUT2D eigenvalue weighted by atomic mass is 9.97. The minimum atomic E-state index is -0.758. The topological polar surface area (TPSA) is 64.4 Å². The number of carbonyl (C=O) groups is 2. The molecule has 0 spiro atoms. The van der Waals surface area contributed by atoms with Crippen LogP contribution in [-0.4, -0.2) is 36.3 Å². The Balaban J connectivity index is 1.68. The molecule has 0 bridgehead atoms. The summed E-state index contributed by atoms with van der Waals surface area (Å²) < 4.78 is 26.7. The van der Waals surface area contributed by atoms with Gasteiger partial charge in [-0.15, -0.1) is 0 Å². The zero-order chi connectivity index (χ0) is 17.3. The molecule has 1 unspecified atom stereocenters. The zero-order valence-corrected chi connectivity index (χ0v) is 13.0. The van der Waals surface area contributed by atoms with Gasteiger partial charge in [0.15, 0.2) is 0 Å². The second-order valence-corrected chi connectivity index (χ2v) is 6.26. The van der Waals surface area contributed by atoms with Crippen LogP contribution < -0.4 is 4.90 Å². The molecule has 0 radical (unpaired) electrons. The van der Waals surface area contributed by atoms with E-state index < -0.39 is 17.6 Å². The highest BCUT2D eigenvalue weighted by Crippen LogP contribution is 2.28. The summed E-state index contributed by atoms with van der Waals surface area (Å²) in [6, 6.07) is 5.13. The van der Waals surface area contributed by atoms with Crippen molar-refractivity contribution < 1.29 is 18.4 Å². The minimum Gasteiger partial charge on any atom is -0.342 e. The van der Waals surface area contributed by atoms with Crippen LogP contribution >= 0.6 is 0 Å². The Morgan fingerprint density at radius 3 is 2.38 bits per heavy atom. The first-order valence-corrected chi connectivity index (χ1v) is 7.93. The highest BCUT2D eigenvalue weighted by molar-refractivity contribution is 6.00. The molecule has 2 saturated heterocycles. The molecule has 0 saturated carbocycles. The Morgan fingerprint density at radius 1 is 1.17 bits per heavy atom. The number of rotatable bonds is 2. The summed E-state index contributed by atoms with van der Waals surface area (Å²) >= 11 is 0. The van der Waals surface area contributed by atoms with Gasteiger partial charge in [0.1, 0.15) is 11.6 Å². The third-order valence-corrected chi connectivity index (χ3v) is 4.62. The van der Waals surface area contributed by atoms with E-state index in [0.29, 0.717) is 25.9 Å². The third-order valence-electron chi connectivity index (χ3n) is 4.62. The van der Waals surface area contributed by atoms with Gasteiger partial charge in [-0.3, -0.25) is 9.59 Å². The van der Waals surface area contributed by atoms with Crippen LogP contribution in [-0.2, 0) is 9.59 Å². The van der Waals surface area contributed by atoms with E-state index in [1.165, 1.54) is 4.90 Å². The summed E-state index contributed by atoms with van der Waals surface area (Å²) in [5.41, 5.74) is 0.135. The Kier molecular flexibility index (Phi) is 4.47. The Labute approximate surface area is 138 Å². The maximum Gasteiger partial charge on any atom is 0.228 e. The van der Waals surface area contributed by atoms with Gasteiger partial charge in [-0.1, -0.05) is 0 Å². The van der Waals surface area contributed by atoms with E-state index in [0.717, 1.165) is 18.2 Å². The van der Waals surface area contributed by atoms with Crippen LogP contribution in [0.5, 0.6) is 0 Å². The van der Waals surface area contributed by atoms with Crippen molar-refractivity contribution in [3.8, 4) is 6.07 Å². The molecule has 0 aromatic heterocycles. The van der Waals surface area contributed by atoms with E-state index in [1.54, 1.807) is 4.90 Å². The molecule has 2 aliphatic rings. The van der Waals surface area contributed by atoms with Gasteiger partial charge in [0, 0.05) is 43.7 Å². The lowest BCUT2D eigenvalue weighted by molar-refractivity contribution is -0.136. The molecule has 1 atom stereocenters. The molecule has 2 fully saturated rings. The van der Waals surface area contributed by atoms with Crippen molar-refractivity contribution in [1.82, 2.24) is 4.90 Å². The molecule has 1 aromatic carbocycles. The molecule has 24 heavy (non-hydrogen) atoms. The smallest absolute Gasteiger partial charge is 0.228 e. The number of likely N-dealkylation sites (tertiary alicyclic amines) is 1. The Bertz CT molecular complexity index is 688. The highest BCUT2D eigenvalue weighted by atomic mass is 19.1. The predicted octanol–water partition coefficient (Wildman–Crippen LogP) is 2.08. The second-order valence-electron chi connectivity index (χ2n) is 6.26. The SMILES string of the molecule is N#CC1CCN(C(=O)C2CC(=O)N(c3cc(F)cc(F)c3)C2)CC1. The first-order chi connectivity index (χ1) is 11.5. The molecule has 5 nitrogen and oxygen atoms in total. The Morgan fingerprint density at radius 2 is 1.79 bits per heavy atom. The number of nitriles is 1. The van der Waals surface area contributed by atoms with Crippen LogP contribution in [0.4, 0.5) is 14.5 Å². The molecule has 126 valence electrons. The van der Waals surface area contributed by atoms with Gasteiger partial charge in [-0.2, -0.15) is 5.26 Å². The van der Waals surface area contributed by atoms with Crippen LogP contribution in [0.15, 0.2) is 18.2 Å². The lowest BCUT2D eigenvalue weighted by Gasteiger charge is -2.31. The minimum absolute atomic E-state index is 0.0222. The van der Waals surface area contributed by atoms with Crippen molar-refractivity contribution >= 4 is 17.5 Å². The fraction of sp³-hybridized carbons (Fsp3) is 0.471. The molecule has 7 heteroatoms. The molecule has 0 aliphatic carbocycles. The van der Waals surface area contributed by atoms with Crippen molar-refractivity contribution in [3.05, 3.63) is 29.8 Å². The average molecular weight is 333 g/mol. The molecule has 3 rings (SSSR count). The maximum atomic E-state index is 13.3. The number of hydrogen-bond acceptors (Lipinski definition) is 3. The number of anilines is 1. The molecule has 2 heterocycles. The molecular weight excluding hydrogens is 316 g/mol. The quantitative estimate of drug-likeness (QED) is 0.832. The number of halogens is 2. The van der Waals surface area contributed by atoms with Crippen LogP contribution in [0, 0.1) is 34.8 Å². The van der Waals surface area contributed by atoms with E-state index in [1.807, 2.05) is 0 Å². The number of carbonyl (C=O) groups excluding carboxylic acids is 2. The monoisotopic (exact) mass is 333 g/mol. The molecule has 0 N–H and O–H groups in total. The molecule has 1 aromatic rings. The molecule has 2 amide bonds. The predicted molar refractivity (Wildman–Crippen MR) is 81.7 cm³/mol. The van der Waals surface area contributed by atoms with Gasteiger partial charge in [0.25, 0.3) is 0 Å². The van der Waals surface area contributed by atoms with Crippen molar-refractivity contribution in [2.45, 2.75) is 19.3 Å². The summed E-state index contributed by atoms with van der Waals surface area (Å²) in [5.74, 6) is -2.49. The highest BCUT2D eigenvalue weighted by Gasteiger charge is 2.38.